The van der Waals surface area contributed by atoms with Crippen molar-refractivity contribution in [2.75, 3.05) is 0 Å². The molecule has 0 aromatic heterocycles. The van der Waals surface area contributed by atoms with Crippen LogP contribution in [0.4, 0.5) is 0 Å². The average Bonchev–Trinajstić information content (AvgIpc) is 2.22. The third kappa shape index (κ3) is 13.1. The summed E-state index contributed by atoms with van der Waals surface area (Å²) < 4.78 is 0. The summed E-state index contributed by atoms with van der Waals surface area (Å²) in [7, 11) is 0. The molecule has 0 bridgehead atoms. The van der Waals surface area contributed by atoms with E-state index < -0.39 is 23.1 Å². The van der Waals surface area contributed by atoms with Gasteiger partial charge in [-0.05, 0) is 48.0 Å². The SMILES string of the molecule is CC(C)(C)OOC(=O)CCCC(=O)OOC(C)(C)C. The summed E-state index contributed by atoms with van der Waals surface area (Å²) in [5.41, 5.74) is -1.09. The van der Waals surface area contributed by atoms with Gasteiger partial charge >= 0.3 is 11.9 Å². The topological polar surface area (TPSA) is 71.1 Å². The fourth-order valence-corrected chi connectivity index (χ4v) is 0.803. The Morgan fingerprint density at radius 3 is 1.32 bits per heavy atom. The summed E-state index contributed by atoms with van der Waals surface area (Å²) in [6, 6.07) is 0. The van der Waals surface area contributed by atoms with Crippen molar-refractivity contribution in [2.45, 2.75) is 72.0 Å². The first-order chi connectivity index (χ1) is 8.49. The van der Waals surface area contributed by atoms with E-state index in [1.54, 1.807) is 41.5 Å². The summed E-state index contributed by atoms with van der Waals surface area (Å²) >= 11 is 0. The van der Waals surface area contributed by atoms with Crippen LogP contribution in [0.5, 0.6) is 0 Å². The van der Waals surface area contributed by atoms with Crippen LogP contribution < -0.4 is 0 Å². The molecule has 0 amide bonds. The molecule has 0 saturated heterocycles. The van der Waals surface area contributed by atoms with Gasteiger partial charge in [0.15, 0.2) is 0 Å². The molecule has 0 atom stereocenters. The van der Waals surface area contributed by atoms with Gasteiger partial charge in [0.2, 0.25) is 0 Å². The molecule has 19 heavy (non-hydrogen) atoms. The van der Waals surface area contributed by atoms with Crippen LogP contribution in [0.15, 0.2) is 0 Å². The molecule has 0 rings (SSSR count). The third-order valence-electron chi connectivity index (χ3n) is 1.53. The van der Waals surface area contributed by atoms with Crippen LogP contribution in [-0.2, 0) is 29.1 Å². The number of rotatable bonds is 6. The Bertz CT molecular complexity index is 267. The number of hydrogen-bond acceptors (Lipinski definition) is 6. The van der Waals surface area contributed by atoms with Gasteiger partial charge in [0, 0.05) is 12.8 Å². The molecule has 0 spiro atoms. The lowest BCUT2D eigenvalue weighted by atomic mass is 10.2. The van der Waals surface area contributed by atoms with Gasteiger partial charge in [0.25, 0.3) is 0 Å². The molecular weight excluding hydrogens is 252 g/mol. The van der Waals surface area contributed by atoms with Crippen molar-refractivity contribution in [1.82, 2.24) is 0 Å². The Morgan fingerprint density at radius 2 is 1.05 bits per heavy atom. The van der Waals surface area contributed by atoms with Gasteiger partial charge in [-0.1, -0.05) is 0 Å². The molecule has 0 fully saturated rings. The highest BCUT2D eigenvalue weighted by Gasteiger charge is 2.17. The first-order valence-electron chi connectivity index (χ1n) is 6.27. The largest absolute Gasteiger partial charge is 0.342 e. The van der Waals surface area contributed by atoms with Crippen LogP contribution in [-0.4, -0.2) is 23.1 Å². The van der Waals surface area contributed by atoms with Crippen molar-refractivity contribution >= 4 is 11.9 Å². The fraction of sp³-hybridized carbons (Fsp3) is 0.846. The second kappa shape index (κ2) is 7.45. The van der Waals surface area contributed by atoms with E-state index in [0.29, 0.717) is 6.42 Å². The zero-order chi connectivity index (χ0) is 15.1. The van der Waals surface area contributed by atoms with Crippen LogP contribution in [0.1, 0.15) is 60.8 Å². The highest BCUT2D eigenvalue weighted by atomic mass is 17.2. The van der Waals surface area contributed by atoms with E-state index in [0.717, 1.165) is 0 Å². The second-order valence-corrected chi connectivity index (χ2v) is 6.16. The Labute approximate surface area is 114 Å². The van der Waals surface area contributed by atoms with Gasteiger partial charge in [-0.2, -0.15) is 9.78 Å². The molecule has 0 aromatic carbocycles. The van der Waals surface area contributed by atoms with E-state index in [4.69, 9.17) is 9.78 Å². The zero-order valence-electron chi connectivity index (χ0n) is 12.6. The van der Waals surface area contributed by atoms with Gasteiger partial charge in [-0.15, -0.1) is 0 Å². The lowest BCUT2D eigenvalue weighted by Crippen LogP contribution is -2.22. The molecule has 112 valence electrons. The predicted molar refractivity (Wildman–Crippen MR) is 67.7 cm³/mol. The standard InChI is InChI=1S/C13H24O6/c1-12(2,3)18-16-10(14)8-7-9-11(15)17-19-13(4,5)6/h7-9H2,1-6H3. The van der Waals surface area contributed by atoms with Crippen LogP contribution in [0, 0.1) is 0 Å². The first kappa shape index (κ1) is 17.9. The molecule has 6 nitrogen and oxygen atoms in total. The van der Waals surface area contributed by atoms with E-state index in [-0.39, 0.29) is 12.8 Å². The van der Waals surface area contributed by atoms with Gasteiger partial charge in [0.1, 0.15) is 11.2 Å². The van der Waals surface area contributed by atoms with E-state index in [1.165, 1.54) is 0 Å². The van der Waals surface area contributed by atoms with Gasteiger partial charge in [-0.25, -0.2) is 9.59 Å². The van der Waals surface area contributed by atoms with Crippen molar-refractivity contribution in [2.24, 2.45) is 0 Å². The van der Waals surface area contributed by atoms with Gasteiger partial charge in [-0.3, -0.25) is 9.78 Å². The molecule has 0 aliphatic carbocycles. The maximum atomic E-state index is 11.3. The predicted octanol–water partition coefficient (Wildman–Crippen LogP) is 2.70. The summed E-state index contributed by atoms with van der Waals surface area (Å²) in [5, 5.41) is 0. The molecule has 0 unspecified atom stereocenters. The van der Waals surface area contributed by atoms with Gasteiger partial charge in [0.05, 0.1) is 0 Å². The number of carbonyl (C=O) groups excluding carboxylic acids is 2. The molecule has 0 aliphatic rings. The van der Waals surface area contributed by atoms with Crippen LogP contribution in [0.2, 0.25) is 0 Å². The van der Waals surface area contributed by atoms with Crippen molar-refractivity contribution in [3.63, 3.8) is 0 Å². The molecule has 0 heterocycles. The smallest absolute Gasteiger partial charge is 0.298 e. The summed E-state index contributed by atoms with van der Waals surface area (Å²) in [4.78, 5) is 41.4. The lowest BCUT2D eigenvalue weighted by molar-refractivity contribution is -0.322. The highest BCUT2D eigenvalue weighted by molar-refractivity contribution is 5.71. The minimum absolute atomic E-state index is 0.0840. The van der Waals surface area contributed by atoms with Gasteiger partial charge < -0.3 is 0 Å². The van der Waals surface area contributed by atoms with Crippen molar-refractivity contribution < 1.29 is 29.1 Å². The maximum Gasteiger partial charge on any atom is 0.342 e. The Kier molecular flexibility index (Phi) is 7.00. The Balaban J connectivity index is 3.68. The maximum absolute atomic E-state index is 11.3. The minimum atomic E-state index is -0.546. The number of carbonyl (C=O) groups is 2. The second-order valence-electron chi connectivity index (χ2n) is 6.16. The van der Waals surface area contributed by atoms with E-state index in [1.807, 2.05) is 0 Å². The van der Waals surface area contributed by atoms with Crippen LogP contribution in [0.3, 0.4) is 0 Å². The van der Waals surface area contributed by atoms with Crippen molar-refractivity contribution in [1.29, 1.82) is 0 Å². The lowest BCUT2D eigenvalue weighted by Gasteiger charge is -2.17. The molecule has 0 aliphatic heterocycles. The quantitative estimate of drug-likeness (QED) is 0.548. The molecular formula is C13H24O6. The van der Waals surface area contributed by atoms with Crippen molar-refractivity contribution in [3.8, 4) is 0 Å². The Morgan fingerprint density at radius 1 is 0.737 bits per heavy atom. The molecule has 0 radical (unpaired) electrons. The molecule has 0 saturated carbocycles. The first-order valence-corrected chi connectivity index (χ1v) is 6.27. The summed E-state index contributed by atoms with van der Waals surface area (Å²) in [5.74, 6) is -1.03. The van der Waals surface area contributed by atoms with Crippen LogP contribution >= 0.6 is 0 Å². The van der Waals surface area contributed by atoms with Crippen LogP contribution in [0.25, 0.3) is 0 Å². The van der Waals surface area contributed by atoms with E-state index in [2.05, 4.69) is 9.78 Å². The molecule has 0 aromatic rings. The number of hydrogen-bond donors (Lipinski definition) is 0. The van der Waals surface area contributed by atoms with E-state index >= 15 is 0 Å². The normalized spacial score (nSPS) is 12.1. The zero-order valence-corrected chi connectivity index (χ0v) is 12.6. The summed E-state index contributed by atoms with van der Waals surface area (Å²) in [6.07, 6.45) is 0.486. The summed E-state index contributed by atoms with van der Waals surface area (Å²) in [6.45, 7) is 10.6. The minimum Gasteiger partial charge on any atom is -0.298 e. The van der Waals surface area contributed by atoms with Crippen molar-refractivity contribution in [3.05, 3.63) is 0 Å². The molecule has 0 N–H and O–H groups in total. The highest BCUT2D eigenvalue weighted by Crippen LogP contribution is 2.10. The Hall–Kier alpha value is -1.14. The monoisotopic (exact) mass is 276 g/mol. The average molecular weight is 276 g/mol. The fourth-order valence-electron chi connectivity index (χ4n) is 0.803. The molecule has 6 heteroatoms. The van der Waals surface area contributed by atoms with E-state index in [9.17, 15) is 9.59 Å². The third-order valence-corrected chi connectivity index (χ3v) is 1.53.